The number of nitrogens with zero attached hydrogens (tertiary/aromatic N) is 2. The van der Waals surface area contributed by atoms with Crippen molar-refractivity contribution in [3.05, 3.63) is 53.5 Å². The van der Waals surface area contributed by atoms with E-state index in [1.54, 1.807) is 16.9 Å². The van der Waals surface area contributed by atoms with Crippen LogP contribution in [-0.4, -0.2) is 20.9 Å². The first-order chi connectivity index (χ1) is 10.1. The van der Waals surface area contributed by atoms with Crippen molar-refractivity contribution >= 4 is 16.9 Å². The second-order valence-corrected chi connectivity index (χ2v) is 4.84. The van der Waals surface area contributed by atoms with Crippen LogP contribution in [0.15, 0.2) is 41.1 Å². The first kappa shape index (κ1) is 13.4. The van der Waals surface area contributed by atoms with Crippen LogP contribution >= 0.6 is 0 Å². The van der Waals surface area contributed by atoms with E-state index in [0.29, 0.717) is 24.2 Å². The number of benzene rings is 1. The van der Waals surface area contributed by atoms with Crippen LogP contribution in [0.5, 0.6) is 0 Å². The summed E-state index contributed by atoms with van der Waals surface area (Å²) >= 11 is 0. The van der Waals surface area contributed by atoms with E-state index in [-0.39, 0.29) is 5.76 Å². The van der Waals surface area contributed by atoms with Crippen molar-refractivity contribution in [2.45, 2.75) is 13.1 Å². The summed E-state index contributed by atoms with van der Waals surface area (Å²) in [5.41, 5.74) is 2.30. The normalized spacial score (nSPS) is 11.1. The van der Waals surface area contributed by atoms with E-state index in [1.165, 1.54) is 0 Å². The molecule has 3 aromatic rings. The Hall–Kier alpha value is -2.60. The minimum absolute atomic E-state index is 0.00473. The number of carbonyl (C=O) groups is 1. The quantitative estimate of drug-likeness (QED) is 0.751. The number of aromatic carboxylic acids is 1. The maximum atomic E-state index is 11.3. The minimum Gasteiger partial charge on any atom is -0.475 e. The molecule has 108 valence electrons. The lowest BCUT2D eigenvalue weighted by molar-refractivity contribution is 0.0663. The number of hydrogen-bond donors (Lipinski definition) is 2. The fourth-order valence-electron chi connectivity index (χ4n) is 2.34. The third kappa shape index (κ3) is 2.66. The van der Waals surface area contributed by atoms with E-state index in [9.17, 15) is 9.90 Å². The number of hydrogen-bond acceptors (Lipinski definition) is 4. The van der Waals surface area contributed by atoms with Crippen molar-refractivity contribution in [2.24, 2.45) is 7.05 Å². The van der Waals surface area contributed by atoms with E-state index in [0.717, 1.165) is 10.9 Å². The molecule has 0 aliphatic carbocycles. The average molecular weight is 285 g/mol. The molecule has 0 unspecified atom stereocenters. The molecule has 6 heteroatoms. The van der Waals surface area contributed by atoms with Crippen LogP contribution in [-0.2, 0) is 20.1 Å². The number of fused-ring (bicyclic) bond motifs is 1. The predicted octanol–water partition coefficient (Wildman–Crippen LogP) is 2.15. The van der Waals surface area contributed by atoms with Gasteiger partial charge in [0.1, 0.15) is 5.58 Å². The Bertz CT molecular complexity index is 788. The molecule has 0 aliphatic rings. The van der Waals surface area contributed by atoms with E-state index >= 15 is 0 Å². The number of carboxylic acid groups (broad SMARTS) is 1. The fourth-order valence-corrected chi connectivity index (χ4v) is 2.34. The lowest BCUT2D eigenvalue weighted by Gasteiger charge is -2.02. The molecular weight excluding hydrogens is 270 g/mol. The van der Waals surface area contributed by atoms with Crippen LogP contribution in [0.25, 0.3) is 11.0 Å². The Morgan fingerprint density at radius 2 is 2.19 bits per heavy atom. The van der Waals surface area contributed by atoms with Crippen LogP contribution in [0.2, 0.25) is 0 Å². The van der Waals surface area contributed by atoms with Gasteiger partial charge in [-0.05, 0) is 6.07 Å². The summed E-state index contributed by atoms with van der Waals surface area (Å²) in [7, 11) is 1.86. The van der Waals surface area contributed by atoms with E-state index < -0.39 is 5.97 Å². The highest BCUT2D eigenvalue weighted by molar-refractivity contribution is 5.95. The third-order valence-corrected chi connectivity index (χ3v) is 3.28. The molecule has 21 heavy (non-hydrogen) atoms. The lowest BCUT2D eigenvalue weighted by Crippen LogP contribution is -2.14. The van der Waals surface area contributed by atoms with Gasteiger partial charge in [0, 0.05) is 42.8 Å². The maximum absolute atomic E-state index is 11.3. The van der Waals surface area contributed by atoms with Gasteiger partial charge in [0.05, 0.1) is 6.20 Å². The number of nitrogens with one attached hydrogen (secondary N) is 1. The summed E-state index contributed by atoms with van der Waals surface area (Å²) in [6.07, 6.45) is 3.69. The topological polar surface area (TPSA) is 80.3 Å². The highest BCUT2D eigenvalue weighted by Crippen LogP contribution is 2.25. The van der Waals surface area contributed by atoms with E-state index in [1.807, 2.05) is 31.4 Å². The molecule has 0 amide bonds. The molecule has 6 nitrogen and oxygen atoms in total. The van der Waals surface area contributed by atoms with E-state index in [4.69, 9.17) is 4.42 Å². The smallest absolute Gasteiger partial charge is 0.372 e. The van der Waals surface area contributed by atoms with Gasteiger partial charge >= 0.3 is 5.97 Å². The predicted molar refractivity (Wildman–Crippen MR) is 76.9 cm³/mol. The molecule has 0 radical (unpaired) electrons. The first-order valence-electron chi connectivity index (χ1n) is 6.57. The number of para-hydroxylation sites is 1. The van der Waals surface area contributed by atoms with Gasteiger partial charge in [-0.1, -0.05) is 18.2 Å². The number of furan rings is 1. The second-order valence-electron chi connectivity index (χ2n) is 4.84. The molecule has 0 bridgehead atoms. The molecule has 3 rings (SSSR count). The third-order valence-electron chi connectivity index (χ3n) is 3.28. The lowest BCUT2D eigenvalue weighted by atomic mass is 10.1. The van der Waals surface area contributed by atoms with Crippen molar-refractivity contribution in [2.75, 3.05) is 0 Å². The molecule has 0 saturated heterocycles. The van der Waals surface area contributed by atoms with Gasteiger partial charge in [0.15, 0.2) is 0 Å². The van der Waals surface area contributed by atoms with E-state index in [2.05, 4.69) is 10.4 Å². The van der Waals surface area contributed by atoms with Crippen molar-refractivity contribution in [3.63, 3.8) is 0 Å². The first-order valence-corrected chi connectivity index (χ1v) is 6.57. The van der Waals surface area contributed by atoms with Crippen LogP contribution in [0.4, 0.5) is 0 Å². The van der Waals surface area contributed by atoms with Crippen molar-refractivity contribution in [3.8, 4) is 0 Å². The molecule has 2 N–H and O–H groups in total. The molecule has 0 spiro atoms. The summed E-state index contributed by atoms with van der Waals surface area (Å²) in [5, 5.41) is 17.4. The molecule has 0 atom stereocenters. The highest BCUT2D eigenvalue weighted by Gasteiger charge is 2.19. The average Bonchev–Trinajstić information content (AvgIpc) is 3.03. The van der Waals surface area contributed by atoms with Gasteiger partial charge in [-0.15, -0.1) is 0 Å². The van der Waals surface area contributed by atoms with Gasteiger partial charge in [-0.3, -0.25) is 4.68 Å². The Kier molecular flexibility index (Phi) is 3.45. The van der Waals surface area contributed by atoms with Gasteiger partial charge < -0.3 is 14.8 Å². The summed E-state index contributed by atoms with van der Waals surface area (Å²) in [6.45, 7) is 1.04. The maximum Gasteiger partial charge on any atom is 0.372 e. The summed E-state index contributed by atoms with van der Waals surface area (Å²) < 4.78 is 7.14. The SMILES string of the molecule is Cn1cc(CNCc2c(C(=O)O)oc3ccccc23)cn1. The molecule has 0 saturated carbocycles. The molecular formula is C15H15N3O3. The van der Waals surface area contributed by atoms with Crippen LogP contribution < -0.4 is 5.32 Å². The van der Waals surface area contributed by atoms with Crippen molar-refractivity contribution < 1.29 is 14.3 Å². The molecule has 2 aromatic heterocycles. The second kappa shape index (κ2) is 5.41. The zero-order chi connectivity index (χ0) is 14.8. The molecule has 0 aliphatic heterocycles. The standard InChI is InChI=1S/C15H15N3O3/c1-18-9-10(7-17-18)6-16-8-12-11-4-2-3-5-13(11)21-14(12)15(19)20/h2-5,7,9,16H,6,8H2,1H3,(H,19,20). The van der Waals surface area contributed by atoms with Crippen LogP contribution in [0.1, 0.15) is 21.7 Å². The molecule has 0 fully saturated rings. The molecule has 2 heterocycles. The number of rotatable bonds is 5. The monoisotopic (exact) mass is 285 g/mol. The largest absolute Gasteiger partial charge is 0.475 e. The summed E-state index contributed by atoms with van der Waals surface area (Å²) in [6, 6.07) is 7.33. The summed E-state index contributed by atoms with van der Waals surface area (Å²) in [4.78, 5) is 11.3. The zero-order valence-corrected chi connectivity index (χ0v) is 11.5. The minimum atomic E-state index is -1.05. The highest BCUT2D eigenvalue weighted by atomic mass is 16.4. The summed E-state index contributed by atoms with van der Waals surface area (Å²) in [5.74, 6) is -1.06. The Morgan fingerprint density at radius 1 is 1.38 bits per heavy atom. The zero-order valence-electron chi connectivity index (χ0n) is 11.5. The van der Waals surface area contributed by atoms with Gasteiger partial charge in [0.25, 0.3) is 0 Å². The van der Waals surface area contributed by atoms with Crippen LogP contribution in [0.3, 0.4) is 0 Å². The number of aromatic nitrogens is 2. The van der Waals surface area contributed by atoms with Gasteiger partial charge in [-0.25, -0.2) is 4.79 Å². The van der Waals surface area contributed by atoms with Gasteiger partial charge in [0.2, 0.25) is 5.76 Å². The van der Waals surface area contributed by atoms with Crippen molar-refractivity contribution in [1.29, 1.82) is 0 Å². The number of aryl methyl sites for hydroxylation is 1. The van der Waals surface area contributed by atoms with Crippen LogP contribution in [0, 0.1) is 0 Å². The Labute approximate surface area is 121 Å². The van der Waals surface area contributed by atoms with Gasteiger partial charge in [-0.2, -0.15) is 5.10 Å². The Balaban J connectivity index is 1.82. The fraction of sp³-hybridized carbons (Fsp3) is 0.200. The Morgan fingerprint density at radius 3 is 2.90 bits per heavy atom. The molecule has 1 aromatic carbocycles. The van der Waals surface area contributed by atoms with Crippen molar-refractivity contribution in [1.82, 2.24) is 15.1 Å². The number of carboxylic acids is 1.